The number of nitrogen functional groups attached to an aromatic ring is 1. The zero-order valence-electron chi connectivity index (χ0n) is 8.38. The van der Waals surface area contributed by atoms with Crippen molar-refractivity contribution in [3.63, 3.8) is 0 Å². The van der Waals surface area contributed by atoms with Crippen LogP contribution in [-0.4, -0.2) is 0 Å². The Labute approximate surface area is 80.0 Å². The van der Waals surface area contributed by atoms with Gasteiger partial charge in [-0.05, 0) is 41.9 Å². The lowest BCUT2D eigenvalue weighted by Crippen LogP contribution is -1.95. The summed E-state index contributed by atoms with van der Waals surface area (Å²) in [6, 6.07) is 6.34. The van der Waals surface area contributed by atoms with E-state index in [-0.39, 0.29) is 0 Å². The van der Waals surface area contributed by atoms with Gasteiger partial charge in [-0.3, -0.25) is 0 Å². The van der Waals surface area contributed by atoms with Gasteiger partial charge >= 0.3 is 0 Å². The van der Waals surface area contributed by atoms with Gasteiger partial charge in [-0.15, -0.1) is 0 Å². The second-order valence-electron chi connectivity index (χ2n) is 4.09. The van der Waals surface area contributed by atoms with E-state index in [1.54, 1.807) is 0 Å². The van der Waals surface area contributed by atoms with Crippen molar-refractivity contribution in [1.82, 2.24) is 0 Å². The summed E-state index contributed by atoms with van der Waals surface area (Å²) < 4.78 is 0. The first-order chi connectivity index (χ1) is 6.24. The molecule has 0 heterocycles. The maximum Gasteiger partial charge on any atom is 0.0352 e. The van der Waals surface area contributed by atoms with Crippen LogP contribution in [0.25, 0.3) is 0 Å². The van der Waals surface area contributed by atoms with Crippen LogP contribution in [0.3, 0.4) is 0 Å². The highest BCUT2D eigenvalue weighted by Gasteiger charge is 2.27. The van der Waals surface area contributed by atoms with Crippen molar-refractivity contribution >= 4 is 5.69 Å². The fourth-order valence-electron chi connectivity index (χ4n) is 2.58. The lowest BCUT2D eigenvalue weighted by Gasteiger charge is -2.08. The van der Waals surface area contributed by atoms with Gasteiger partial charge in [0.15, 0.2) is 0 Å². The van der Waals surface area contributed by atoms with E-state index in [9.17, 15) is 0 Å². The van der Waals surface area contributed by atoms with Crippen molar-refractivity contribution < 1.29 is 0 Å². The Morgan fingerprint density at radius 1 is 1.46 bits per heavy atom. The van der Waals surface area contributed by atoms with Crippen LogP contribution in [0.15, 0.2) is 18.2 Å². The van der Waals surface area contributed by atoms with E-state index in [0.29, 0.717) is 5.92 Å². The molecule has 0 bridgehead atoms. The van der Waals surface area contributed by atoms with Crippen molar-refractivity contribution in [3.8, 4) is 0 Å². The first-order valence-corrected chi connectivity index (χ1v) is 5.12. The molecule has 0 saturated carbocycles. The van der Waals surface area contributed by atoms with Crippen LogP contribution >= 0.6 is 0 Å². The minimum absolute atomic E-state index is 0.654. The van der Waals surface area contributed by atoms with Crippen LogP contribution in [0, 0.1) is 0 Å². The number of anilines is 1. The number of fused-ring (bicyclic) bond motifs is 1. The second-order valence-corrected chi connectivity index (χ2v) is 4.09. The van der Waals surface area contributed by atoms with E-state index in [4.69, 9.17) is 5.73 Å². The maximum atomic E-state index is 5.98. The minimum atomic E-state index is 0.654. The van der Waals surface area contributed by atoms with E-state index in [2.05, 4.69) is 26.0 Å². The van der Waals surface area contributed by atoms with Crippen LogP contribution in [-0.2, 0) is 0 Å². The van der Waals surface area contributed by atoms with Crippen LogP contribution in [0.2, 0.25) is 0 Å². The molecule has 0 saturated heterocycles. The number of hydrogen-bond acceptors (Lipinski definition) is 1. The molecule has 13 heavy (non-hydrogen) atoms. The van der Waals surface area contributed by atoms with Crippen molar-refractivity contribution in [2.24, 2.45) is 0 Å². The Hall–Kier alpha value is -0.980. The molecule has 1 heteroatoms. The van der Waals surface area contributed by atoms with Gasteiger partial charge in [-0.25, -0.2) is 0 Å². The van der Waals surface area contributed by atoms with Crippen molar-refractivity contribution in [3.05, 3.63) is 29.3 Å². The van der Waals surface area contributed by atoms with Crippen molar-refractivity contribution in [1.29, 1.82) is 0 Å². The van der Waals surface area contributed by atoms with Crippen LogP contribution in [0.4, 0.5) is 5.69 Å². The van der Waals surface area contributed by atoms with E-state index in [1.807, 2.05) is 6.07 Å². The molecule has 1 nitrogen and oxygen atoms in total. The summed E-state index contributed by atoms with van der Waals surface area (Å²) in [5.74, 6) is 1.40. The SMILES string of the molecule is CCC1CC(C)c2c(N)cccc21. The summed E-state index contributed by atoms with van der Waals surface area (Å²) in [6.45, 7) is 4.54. The van der Waals surface area contributed by atoms with Gasteiger partial charge in [0.05, 0.1) is 0 Å². The average molecular weight is 175 g/mol. The smallest absolute Gasteiger partial charge is 0.0352 e. The normalized spacial score (nSPS) is 26.0. The molecule has 0 spiro atoms. The molecule has 2 atom stereocenters. The standard InChI is InChI=1S/C12H17N/c1-3-9-7-8(2)12-10(9)5-4-6-11(12)13/h4-6,8-9H,3,7,13H2,1-2H3. The molecular formula is C12H17N. The van der Waals surface area contributed by atoms with Crippen LogP contribution in [0.1, 0.15) is 49.7 Å². The maximum absolute atomic E-state index is 5.98. The molecule has 0 radical (unpaired) electrons. The molecule has 1 aromatic carbocycles. The molecular weight excluding hydrogens is 158 g/mol. The first-order valence-electron chi connectivity index (χ1n) is 5.12. The molecule has 1 aliphatic rings. The van der Waals surface area contributed by atoms with Gasteiger partial charge in [0.25, 0.3) is 0 Å². The number of hydrogen-bond donors (Lipinski definition) is 1. The lowest BCUT2D eigenvalue weighted by molar-refractivity contribution is 0.603. The topological polar surface area (TPSA) is 26.0 Å². The monoisotopic (exact) mass is 175 g/mol. The Balaban J connectivity index is 2.51. The van der Waals surface area contributed by atoms with E-state index in [0.717, 1.165) is 11.6 Å². The van der Waals surface area contributed by atoms with Crippen LogP contribution < -0.4 is 5.73 Å². The highest BCUT2D eigenvalue weighted by atomic mass is 14.6. The van der Waals surface area contributed by atoms with Gasteiger partial charge < -0.3 is 5.73 Å². The Morgan fingerprint density at radius 2 is 2.23 bits per heavy atom. The summed E-state index contributed by atoms with van der Waals surface area (Å²) >= 11 is 0. The van der Waals surface area contributed by atoms with E-state index >= 15 is 0 Å². The zero-order chi connectivity index (χ0) is 9.42. The van der Waals surface area contributed by atoms with Gasteiger partial charge in [0, 0.05) is 5.69 Å². The van der Waals surface area contributed by atoms with Crippen LogP contribution in [0.5, 0.6) is 0 Å². The predicted molar refractivity (Wildman–Crippen MR) is 56.9 cm³/mol. The third-order valence-electron chi connectivity index (χ3n) is 3.24. The summed E-state index contributed by atoms with van der Waals surface area (Å²) in [5, 5.41) is 0. The molecule has 2 N–H and O–H groups in total. The van der Waals surface area contributed by atoms with Gasteiger partial charge in [0.1, 0.15) is 0 Å². The Morgan fingerprint density at radius 3 is 2.92 bits per heavy atom. The molecule has 0 aliphatic heterocycles. The van der Waals surface area contributed by atoms with Gasteiger partial charge in [-0.1, -0.05) is 26.0 Å². The fraction of sp³-hybridized carbons (Fsp3) is 0.500. The summed E-state index contributed by atoms with van der Waals surface area (Å²) in [6.07, 6.45) is 2.51. The zero-order valence-corrected chi connectivity index (χ0v) is 8.38. The van der Waals surface area contributed by atoms with E-state index in [1.165, 1.54) is 24.0 Å². The molecule has 1 aliphatic carbocycles. The third-order valence-corrected chi connectivity index (χ3v) is 3.24. The van der Waals surface area contributed by atoms with Crippen molar-refractivity contribution in [2.45, 2.75) is 38.5 Å². The second kappa shape index (κ2) is 3.06. The van der Waals surface area contributed by atoms with Crippen molar-refractivity contribution in [2.75, 3.05) is 5.73 Å². The Kier molecular flexibility index (Phi) is 2.03. The highest BCUT2D eigenvalue weighted by Crippen LogP contribution is 2.45. The van der Waals surface area contributed by atoms with Gasteiger partial charge in [0.2, 0.25) is 0 Å². The molecule has 2 unspecified atom stereocenters. The molecule has 1 aromatic rings. The summed E-state index contributed by atoms with van der Waals surface area (Å²) in [4.78, 5) is 0. The highest BCUT2D eigenvalue weighted by molar-refractivity contribution is 5.56. The molecule has 70 valence electrons. The minimum Gasteiger partial charge on any atom is -0.398 e. The summed E-state index contributed by atoms with van der Waals surface area (Å²) in [5.41, 5.74) is 9.87. The molecule has 0 fully saturated rings. The first kappa shape index (κ1) is 8.61. The molecule has 0 aromatic heterocycles. The lowest BCUT2D eigenvalue weighted by atomic mass is 9.98. The number of rotatable bonds is 1. The van der Waals surface area contributed by atoms with Gasteiger partial charge in [-0.2, -0.15) is 0 Å². The van der Waals surface area contributed by atoms with E-state index < -0.39 is 0 Å². The average Bonchev–Trinajstić information content (AvgIpc) is 2.44. The Bertz CT molecular complexity index is 317. The fourth-order valence-corrected chi connectivity index (χ4v) is 2.58. The molecule has 2 rings (SSSR count). The predicted octanol–water partition coefficient (Wildman–Crippen LogP) is 3.27. The number of benzene rings is 1. The third kappa shape index (κ3) is 1.23. The molecule has 0 amide bonds. The largest absolute Gasteiger partial charge is 0.398 e. The number of nitrogens with two attached hydrogens (primary N) is 1. The summed E-state index contributed by atoms with van der Waals surface area (Å²) in [7, 11) is 0. The quantitative estimate of drug-likeness (QED) is 0.651.